The molecule has 3 N–H and O–H groups in total. The highest BCUT2D eigenvalue weighted by Crippen LogP contribution is 2.44. The van der Waals surface area contributed by atoms with E-state index < -0.39 is 29.9 Å². The Morgan fingerprint density at radius 3 is 2.31 bits per heavy atom. The number of carboxylic acids is 1. The number of rotatable bonds is 10. The minimum Gasteiger partial charge on any atom is -0.480 e. The minimum atomic E-state index is -1.12. The van der Waals surface area contributed by atoms with E-state index in [0.717, 1.165) is 27.1 Å². The molecule has 9 heteroatoms. The van der Waals surface area contributed by atoms with Crippen LogP contribution in [0.2, 0.25) is 0 Å². The predicted octanol–water partition coefficient (Wildman–Crippen LogP) is 3.82. The highest BCUT2D eigenvalue weighted by Gasteiger charge is 2.29. The van der Waals surface area contributed by atoms with Gasteiger partial charge in [-0.25, -0.2) is 9.59 Å². The Kier molecular flexibility index (Phi) is 7.77. The molecule has 8 nitrogen and oxygen atoms in total. The van der Waals surface area contributed by atoms with Crippen LogP contribution in [0.15, 0.2) is 60.2 Å². The van der Waals surface area contributed by atoms with Gasteiger partial charge >= 0.3 is 12.1 Å². The van der Waals surface area contributed by atoms with Gasteiger partial charge in [0.1, 0.15) is 12.6 Å². The van der Waals surface area contributed by atoms with Crippen LogP contribution in [-0.4, -0.2) is 47.3 Å². The normalized spacial score (nSPS) is 13.9. The number of aliphatic carboxylic acids is 1. The first-order valence-corrected chi connectivity index (χ1v) is 12.3. The summed E-state index contributed by atoms with van der Waals surface area (Å²) in [5, 5.41) is 14.7. The van der Waals surface area contributed by atoms with Gasteiger partial charge in [-0.3, -0.25) is 9.78 Å². The van der Waals surface area contributed by atoms with Crippen LogP contribution in [0.4, 0.5) is 4.79 Å². The van der Waals surface area contributed by atoms with Gasteiger partial charge in [0.15, 0.2) is 0 Å². The Labute approximate surface area is 207 Å². The molecule has 4 rings (SSSR count). The number of alkyl carbamates (subject to hydrolysis) is 1. The minimum absolute atomic E-state index is 0.0475. The van der Waals surface area contributed by atoms with Gasteiger partial charge in [0.2, 0.25) is 5.91 Å². The Bertz CT molecular complexity index is 1150. The lowest BCUT2D eigenvalue weighted by Crippen LogP contribution is -2.47. The van der Waals surface area contributed by atoms with E-state index in [0.29, 0.717) is 6.42 Å². The molecule has 0 bridgehead atoms. The maximum Gasteiger partial charge on any atom is 0.407 e. The quantitative estimate of drug-likeness (QED) is 0.395. The molecule has 2 unspecified atom stereocenters. The van der Waals surface area contributed by atoms with Crippen molar-refractivity contribution in [3.63, 3.8) is 0 Å². The molecule has 35 heavy (non-hydrogen) atoms. The van der Waals surface area contributed by atoms with E-state index in [2.05, 4.69) is 27.8 Å². The van der Waals surface area contributed by atoms with Crippen LogP contribution in [0.1, 0.15) is 35.3 Å². The number of aromatic nitrogens is 1. The molecule has 2 aromatic carbocycles. The lowest BCUT2D eigenvalue weighted by molar-refractivity contribution is -0.142. The van der Waals surface area contributed by atoms with Crippen LogP contribution in [0, 0.1) is 5.92 Å². The van der Waals surface area contributed by atoms with Gasteiger partial charge in [-0.05, 0) is 28.7 Å². The van der Waals surface area contributed by atoms with Crippen molar-refractivity contribution in [3.8, 4) is 11.1 Å². The number of thiazole rings is 1. The van der Waals surface area contributed by atoms with Gasteiger partial charge < -0.3 is 20.5 Å². The topological polar surface area (TPSA) is 118 Å². The van der Waals surface area contributed by atoms with Gasteiger partial charge in [-0.15, -0.1) is 11.3 Å². The Morgan fingerprint density at radius 2 is 1.74 bits per heavy atom. The largest absolute Gasteiger partial charge is 0.480 e. The first kappa shape index (κ1) is 24.4. The summed E-state index contributed by atoms with van der Waals surface area (Å²) in [4.78, 5) is 41.4. The molecule has 1 aromatic heterocycles. The number of hydrogen-bond donors (Lipinski definition) is 3. The molecule has 1 aliphatic rings. The van der Waals surface area contributed by atoms with Crippen LogP contribution < -0.4 is 10.6 Å². The molecule has 182 valence electrons. The van der Waals surface area contributed by atoms with Crippen molar-refractivity contribution < 1.29 is 24.2 Å². The first-order chi connectivity index (χ1) is 17.0. The Hall–Kier alpha value is -3.72. The monoisotopic (exact) mass is 493 g/mol. The molecule has 0 radical (unpaired) electrons. The van der Waals surface area contributed by atoms with Crippen LogP contribution in [0.25, 0.3) is 11.1 Å². The summed E-state index contributed by atoms with van der Waals surface area (Å²) in [5.41, 5.74) is 6.14. The van der Waals surface area contributed by atoms with Crippen LogP contribution in [0.5, 0.6) is 0 Å². The van der Waals surface area contributed by atoms with Gasteiger partial charge in [-0.1, -0.05) is 55.5 Å². The first-order valence-electron chi connectivity index (χ1n) is 11.5. The molecule has 1 heterocycles. The maximum atomic E-state index is 12.7. The number of fused-ring (bicyclic) bond motifs is 3. The summed E-state index contributed by atoms with van der Waals surface area (Å²) in [6.45, 7) is 2.04. The Balaban J connectivity index is 1.30. The molecule has 0 fully saturated rings. The van der Waals surface area contributed by atoms with Gasteiger partial charge in [0, 0.05) is 30.0 Å². The van der Waals surface area contributed by atoms with Gasteiger partial charge in [0.25, 0.3) is 0 Å². The van der Waals surface area contributed by atoms with Crippen molar-refractivity contribution in [1.82, 2.24) is 15.6 Å². The molecule has 2 atom stereocenters. The molecule has 2 amide bonds. The lowest BCUT2D eigenvalue weighted by atomic mass is 9.98. The summed E-state index contributed by atoms with van der Waals surface area (Å²) >= 11 is 1.33. The average Bonchev–Trinajstić information content (AvgIpc) is 3.48. The fourth-order valence-electron chi connectivity index (χ4n) is 4.31. The van der Waals surface area contributed by atoms with E-state index in [4.69, 9.17) is 4.74 Å². The number of ether oxygens (including phenoxy) is 1. The number of carbonyl (C=O) groups is 3. The van der Waals surface area contributed by atoms with E-state index >= 15 is 0 Å². The van der Waals surface area contributed by atoms with E-state index in [9.17, 15) is 19.5 Å². The number of hydrogen-bond acceptors (Lipinski definition) is 6. The van der Waals surface area contributed by atoms with Gasteiger partial charge in [0.05, 0.1) is 11.4 Å². The van der Waals surface area contributed by atoms with Crippen LogP contribution >= 0.6 is 11.3 Å². The lowest BCUT2D eigenvalue weighted by Gasteiger charge is -2.20. The van der Waals surface area contributed by atoms with Gasteiger partial charge in [-0.2, -0.15) is 0 Å². The molecule has 0 aliphatic heterocycles. The summed E-state index contributed by atoms with van der Waals surface area (Å²) < 4.78 is 5.52. The smallest absolute Gasteiger partial charge is 0.407 e. The standard InChI is InChI=1S/C26H27N3O5S/c1-2-16(24(30)29-23(25(31)32)11-17-13-27-15-35-17)12-28-26(33)34-14-22-20-9-5-3-7-18(20)19-8-4-6-10-21(19)22/h3-10,13,15-16,22-23H,2,11-12,14H2,1H3,(H,28,33)(H,29,30)(H,31,32). The van der Waals surface area contributed by atoms with Crippen LogP contribution in [-0.2, 0) is 20.7 Å². The number of carbonyl (C=O) groups excluding carboxylic acids is 2. The van der Waals surface area contributed by atoms with Crippen molar-refractivity contribution in [2.24, 2.45) is 5.92 Å². The molecule has 3 aromatic rings. The number of nitrogens with one attached hydrogen (secondary N) is 2. The molecular weight excluding hydrogens is 466 g/mol. The summed E-state index contributed by atoms with van der Waals surface area (Å²) in [7, 11) is 0. The van der Waals surface area contributed by atoms with Crippen molar-refractivity contribution in [2.45, 2.75) is 31.7 Å². The number of carboxylic acid groups (broad SMARTS) is 1. The van der Waals surface area contributed by atoms with Crippen LogP contribution in [0.3, 0.4) is 0 Å². The number of amides is 2. The fourth-order valence-corrected chi connectivity index (χ4v) is 4.95. The zero-order valence-electron chi connectivity index (χ0n) is 19.3. The summed E-state index contributed by atoms with van der Waals surface area (Å²) in [5.74, 6) is -2.19. The third-order valence-corrected chi connectivity index (χ3v) is 7.01. The van der Waals surface area contributed by atoms with Crippen molar-refractivity contribution in [3.05, 3.63) is 76.2 Å². The third kappa shape index (κ3) is 5.68. The fraction of sp³-hybridized carbons (Fsp3) is 0.308. The highest BCUT2D eigenvalue weighted by atomic mass is 32.1. The highest BCUT2D eigenvalue weighted by molar-refractivity contribution is 7.09. The third-order valence-electron chi connectivity index (χ3n) is 6.20. The molecule has 0 saturated carbocycles. The Morgan fingerprint density at radius 1 is 1.09 bits per heavy atom. The molecular formula is C26H27N3O5S. The maximum absolute atomic E-state index is 12.7. The average molecular weight is 494 g/mol. The summed E-state index contributed by atoms with van der Waals surface area (Å²) in [6.07, 6.45) is 1.56. The second-order valence-corrected chi connectivity index (χ2v) is 9.35. The molecule has 0 spiro atoms. The van der Waals surface area contributed by atoms with Crippen molar-refractivity contribution >= 4 is 29.3 Å². The molecule has 1 aliphatic carbocycles. The SMILES string of the molecule is CCC(CNC(=O)OCC1c2ccccc2-c2ccccc21)C(=O)NC(Cc1cncs1)C(=O)O. The summed E-state index contributed by atoms with van der Waals surface area (Å²) in [6, 6.07) is 15.1. The number of benzene rings is 2. The second-order valence-electron chi connectivity index (χ2n) is 8.38. The van der Waals surface area contributed by atoms with E-state index in [-0.39, 0.29) is 25.5 Å². The second kappa shape index (κ2) is 11.1. The van der Waals surface area contributed by atoms with Crippen molar-refractivity contribution in [1.29, 1.82) is 0 Å². The van der Waals surface area contributed by atoms with E-state index in [1.165, 1.54) is 11.3 Å². The van der Waals surface area contributed by atoms with Crippen molar-refractivity contribution in [2.75, 3.05) is 13.2 Å². The molecule has 0 saturated heterocycles. The number of nitrogens with zero attached hydrogens (tertiary/aromatic N) is 1. The zero-order valence-corrected chi connectivity index (χ0v) is 20.1. The van der Waals surface area contributed by atoms with E-state index in [1.807, 2.05) is 43.3 Å². The predicted molar refractivity (Wildman–Crippen MR) is 132 cm³/mol. The van der Waals surface area contributed by atoms with E-state index in [1.54, 1.807) is 11.7 Å². The zero-order chi connectivity index (χ0) is 24.8.